The first-order valence-corrected chi connectivity index (χ1v) is 8.43. The van der Waals surface area contributed by atoms with Crippen molar-refractivity contribution in [3.63, 3.8) is 0 Å². The minimum Gasteiger partial charge on any atom is -0.480 e. The van der Waals surface area contributed by atoms with Crippen LogP contribution in [0.5, 0.6) is 0 Å². The molecule has 2 rings (SSSR count). The number of nitrogens with zero attached hydrogens (tertiary/aromatic N) is 1. The van der Waals surface area contributed by atoms with Crippen LogP contribution in [0.15, 0.2) is 47.5 Å². The molecule has 0 bridgehead atoms. The Morgan fingerprint density at radius 1 is 1.08 bits per heavy atom. The summed E-state index contributed by atoms with van der Waals surface area (Å²) in [6.45, 7) is 1.53. The van der Waals surface area contributed by atoms with Crippen LogP contribution in [-0.2, 0) is 11.2 Å². The summed E-state index contributed by atoms with van der Waals surface area (Å²) in [5.41, 5.74) is 2.45. The van der Waals surface area contributed by atoms with Crippen LogP contribution in [0.3, 0.4) is 0 Å². The van der Waals surface area contributed by atoms with E-state index in [2.05, 4.69) is 15.6 Å². The SMILES string of the molecule is Cc1ccc(CC(=NCC(=O)O)NC(=O)Nc2ccc(Cl)c(Cl)c2)cc1. The normalized spacial score (nSPS) is 11.1. The molecule has 26 heavy (non-hydrogen) atoms. The van der Waals surface area contributed by atoms with Crippen molar-refractivity contribution in [2.24, 2.45) is 4.99 Å². The molecule has 0 aliphatic carbocycles. The number of carboxylic acid groups (broad SMARTS) is 1. The van der Waals surface area contributed by atoms with E-state index in [1.165, 1.54) is 6.07 Å². The van der Waals surface area contributed by atoms with Crippen molar-refractivity contribution in [1.29, 1.82) is 0 Å². The average Bonchev–Trinajstić information content (AvgIpc) is 2.58. The van der Waals surface area contributed by atoms with Gasteiger partial charge in [-0.1, -0.05) is 53.0 Å². The monoisotopic (exact) mass is 393 g/mol. The molecule has 0 aliphatic rings. The summed E-state index contributed by atoms with van der Waals surface area (Å²) < 4.78 is 0. The van der Waals surface area contributed by atoms with Crippen LogP contribution in [0.25, 0.3) is 0 Å². The fourth-order valence-electron chi connectivity index (χ4n) is 2.07. The van der Waals surface area contributed by atoms with Crippen LogP contribution in [0, 0.1) is 6.92 Å². The first-order chi connectivity index (χ1) is 12.3. The number of benzene rings is 2. The minimum absolute atomic E-state index is 0.244. The second-order valence-electron chi connectivity index (χ2n) is 5.53. The van der Waals surface area contributed by atoms with Gasteiger partial charge < -0.3 is 10.4 Å². The molecule has 0 spiro atoms. The molecule has 0 fully saturated rings. The zero-order valence-electron chi connectivity index (χ0n) is 13.9. The highest BCUT2D eigenvalue weighted by atomic mass is 35.5. The Kier molecular flexibility index (Phi) is 7.00. The molecule has 0 radical (unpaired) electrons. The summed E-state index contributed by atoms with van der Waals surface area (Å²) in [7, 11) is 0. The first-order valence-electron chi connectivity index (χ1n) is 7.67. The number of nitrogens with one attached hydrogen (secondary N) is 2. The van der Waals surface area contributed by atoms with Gasteiger partial charge in [-0.3, -0.25) is 15.1 Å². The number of aryl methyl sites for hydroxylation is 1. The van der Waals surface area contributed by atoms with Crippen LogP contribution >= 0.6 is 23.2 Å². The highest BCUT2D eigenvalue weighted by Crippen LogP contribution is 2.24. The fourth-order valence-corrected chi connectivity index (χ4v) is 2.37. The fraction of sp³-hybridized carbons (Fsp3) is 0.167. The number of hydrogen-bond acceptors (Lipinski definition) is 3. The number of anilines is 1. The Bertz CT molecular complexity index is 836. The van der Waals surface area contributed by atoms with Crippen molar-refractivity contribution < 1.29 is 14.7 Å². The number of urea groups is 1. The van der Waals surface area contributed by atoms with Gasteiger partial charge in [-0.05, 0) is 30.7 Å². The number of aliphatic carboxylic acids is 1. The number of amides is 2. The van der Waals surface area contributed by atoms with E-state index in [1.54, 1.807) is 12.1 Å². The second-order valence-corrected chi connectivity index (χ2v) is 6.34. The summed E-state index contributed by atoms with van der Waals surface area (Å²) >= 11 is 11.8. The molecule has 0 aliphatic heterocycles. The lowest BCUT2D eigenvalue weighted by atomic mass is 10.1. The Hall–Kier alpha value is -2.57. The Morgan fingerprint density at radius 2 is 1.77 bits per heavy atom. The van der Waals surface area contributed by atoms with E-state index in [1.807, 2.05) is 31.2 Å². The number of halogens is 2. The maximum Gasteiger partial charge on any atom is 0.325 e. The molecule has 0 saturated carbocycles. The molecule has 2 aromatic rings. The van der Waals surface area contributed by atoms with Crippen LogP contribution in [0.4, 0.5) is 10.5 Å². The number of carboxylic acids is 1. The van der Waals surface area contributed by atoms with E-state index in [9.17, 15) is 9.59 Å². The van der Waals surface area contributed by atoms with Gasteiger partial charge in [0.2, 0.25) is 0 Å². The molecule has 0 unspecified atom stereocenters. The summed E-state index contributed by atoms with van der Waals surface area (Å²) in [5, 5.41) is 14.7. The molecule has 136 valence electrons. The number of hydrogen-bond donors (Lipinski definition) is 3. The molecular formula is C18H17Cl2N3O3. The third kappa shape index (κ3) is 6.38. The predicted octanol–water partition coefficient (Wildman–Crippen LogP) is 4.15. The molecule has 0 atom stereocenters. The maximum absolute atomic E-state index is 12.2. The van der Waals surface area contributed by atoms with Crippen LogP contribution in [0.2, 0.25) is 10.0 Å². The highest BCUT2D eigenvalue weighted by molar-refractivity contribution is 6.42. The van der Waals surface area contributed by atoms with Crippen LogP contribution in [-0.4, -0.2) is 29.5 Å². The average molecular weight is 394 g/mol. The maximum atomic E-state index is 12.2. The van der Waals surface area contributed by atoms with E-state index in [4.69, 9.17) is 28.3 Å². The van der Waals surface area contributed by atoms with Crippen LogP contribution < -0.4 is 10.6 Å². The topological polar surface area (TPSA) is 90.8 Å². The number of carbonyl (C=O) groups excluding carboxylic acids is 1. The minimum atomic E-state index is -1.09. The second kappa shape index (κ2) is 9.22. The van der Waals surface area contributed by atoms with E-state index in [0.717, 1.165) is 11.1 Å². The van der Waals surface area contributed by atoms with Crippen molar-refractivity contribution in [2.75, 3.05) is 11.9 Å². The summed E-state index contributed by atoms with van der Waals surface area (Å²) in [5.74, 6) is -0.841. The lowest BCUT2D eigenvalue weighted by Crippen LogP contribution is -2.36. The standard InChI is InChI=1S/C18H17Cl2N3O3/c1-11-2-4-12(5-3-11)8-16(21-10-17(24)25)23-18(26)22-13-6-7-14(19)15(20)9-13/h2-7,9H,8,10H2,1H3,(H,24,25)(H2,21,22,23,26). The van der Waals surface area contributed by atoms with E-state index < -0.39 is 18.5 Å². The van der Waals surface area contributed by atoms with Gasteiger partial charge in [0.25, 0.3) is 0 Å². The number of rotatable bonds is 5. The Morgan fingerprint density at radius 3 is 2.38 bits per heavy atom. The third-order valence-corrected chi connectivity index (χ3v) is 4.07. The first kappa shape index (κ1) is 19.8. The Balaban J connectivity index is 2.08. The van der Waals surface area contributed by atoms with Gasteiger partial charge in [0, 0.05) is 12.1 Å². The molecule has 2 aromatic carbocycles. The smallest absolute Gasteiger partial charge is 0.325 e. The van der Waals surface area contributed by atoms with E-state index >= 15 is 0 Å². The zero-order chi connectivity index (χ0) is 19.1. The van der Waals surface area contributed by atoms with Gasteiger partial charge in [0.1, 0.15) is 12.4 Å². The quantitative estimate of drug-likeness (QED) is 0.526. The summed E-state index contributed by atoms with van der Waals surface area (Å²) in [6, 6.07) is 11.8. The van der Waals surface area contributed by atoms with E-state index in [-0.39, 0.29) is 5.84 Å². The largest absolute Gasteiger partial charge is 0.480 e. The van der Waals surface area contributed by atoms with Gasteiger partial charge in [-0.25, -0.2) is 4.79 Å². The zero-order valence-corrected chi connectivity index (χ0v) is 15.4. The molecule has 3 N–H and O–H groups in total. The van der Waals surface area contributed by atoms with Gasteiger partial charge >= 0.3 is 12.0 Å². The van der Waals surface area contributed by atoms with Crippen molar-refractivity contribution in [2.45, 2.75) is 13.3 Å². The molecule has 2 amide bonds. The van der Waals surface area contributed by atoms with Crippen molar-refractivity contribution in [1.82, 2.24) is 5.32 Å². The van der Waals surface area contributed by atoms with Gasteiger partial charge in [0.05, 0.1) is 10.0 Å². The molecular weight excluding hydrogens is 377 g/mol. The predicted molar refractivity (Wildman–Crippen MR) is 103 cm³/mol. The van der Waals surface area contributed by atoms with Gasteiger partial charge in [-0.2, -0.15) is 0 Å². The summed E-state index contributed by atoms with van der Waals surface area (Å²) in [4.78, 5) is 26.9. The van der Waals surface area contributed by atoms with Crippen molar-refractivity contribution in [3.8, 4) is 0 Å². The summed E-state index contributed by atoms with van der Waals surface area (Å²) in [6.07, 6.45) is 0.294. The highest BCUT2D eigenvalue weighted by Gasteiger charge is 2.09. The van der Waals surface area contributed by atoms with Crippen LogP contribution in [0.1, 0.15) is 11.1 Å². The van der Waals surface area contributed by atoms with Crippen molar-refractivity contribution in [3.05, 3.63) is 63.6 Å². The molecule has 0 aromatic heterocycles. The van der Waals surface area contributed by atoms with Gasteiger partial charge in [-0.15, -0.1) is 0 Å². The van der Waals surface area contributed by atoms with Gasteiger partial charge in [0.15, 0.2) is 0 Å². The van der Waals surface area contributed by atoms with Crippen molar-refractivity contribution >= 4 is 46.7 Å². The number of carbonyl (C=O) groups is 2. The number of amidine groups is 1. The molecule has 6 nitrogen and oxygen atoms in total. The third-order valence-electron chi connectivity index (χ3n) is 3.33. The molecule has 8 heteroatoms. The molecule has 0 saturated heterocycles. The Labute approximate surface area is 160 Å². The molecule has 0 heterocycles. The lowest BCUT2D eigenvalue weighted by molar-refractivity contribution is -0.135. The van der Waals surface area contributed by atoms with E-state index in [0.29, 0.717) is 22.2 Å². The number of aliphatic imine (C=N–C) groups is 1. The lowest BCUT2D eigenvalue weighted by Gasteiger charge is -2.11.